The number of hydrogen-bond donors (Lipinski definition) is 1. The lowest BCUT2D eigenvalue weighted by Crippen LogP contribution is -2.00. The fourth-order valence-corrected chi connectivity index (χ4v) is 1.30. The van der Waals surface area contributed by atoms with E-state index in [-0.39, 0.29) is 11.3 Å². The number of nitrogens with two attached hydrogens (primary N) is 1. The summed E-state index contributed by atoms with van der Waals surface area (Å²) in [5.74, 6) is 0.612. The van der Waals surface area contributed by atoms with Crippen LogP contribution >= 0.6 is 0 Å². The maximum Gasteiger partial charge on any atom is 0.220 e. The van der Waals surface area contributed by atoms with Gasteiger partial charge in [0.2, 0.25) is 5.43 Å². The Morgan fingerprint density at radius 2 is 2.00 bits per heavy atom. The standard InChI is InChI=1S/C11H15NO2/c1-7(2)8-6-11(14-3)10(13)5-4-9(8)12/h4-7H,12H2,1-3H3. The first-order valence-electron chi connectivity index (χ1n) is 4.54. The fourth-order valence-electron chi connectivity index (χ4n) is 1.30. The van der Waals surface area contributed by atoms with Crippen molar-refractivity contribution in [2.75, 3.05) is 12.8 Å². The molecular weight excluding hydrogens is 178 g/mol. The van der Waals surface area contributed by atoms with E-state index in [0.717, 1.165) is 5.56 Å². The Labute approximate surface area is 83.5 Å². The molecule has 0 saturated carbocycles. The Bertz CT molecular complexity index is 386. The van der Waals surface area contributed by atoms with Gasteiger partial charge in [-0.3, -0.25) is 4.79 Å². The van der Waals surface area contributed by atoms with Gasteiger partial charge in [0, 0.05) is 5.69 Å². The third-order valence-electron chi connectivity index (χ3n) is 2.12. The maximum absolute atomic E-state index is 11.4. The molecule has 0 unspecified atom stereocenters. The quantitative estimate of drug-likeness (QED) is 0.778. The van der Waals surface area contributed by atoms with Crippen LogP contribution in [0.25, 0.3) is 0 Å². The predicted molar refractivity (Wildman–Crippen MR) is 57.8 cm³/mol. The van der Waals surface area contributed by atoms with E-state index in [1.54, 1.807) is 12.1 Å². The summed E-state index contributed by atoms with van der Waals surface area (Å²) in [5.41, 5.74) is 7.21. The second-order valence-corrected chi connectivity index (χ2v) is 3.48. The van der Waals surface area contributed by atoms with E-state index in [2.05, 4.69) is 0 Å². The Balaban J connectivity index is 3.46. The molecule has 1 aromatic rings. The molecule has 3 nitrogen and oxygen atoms in total. The first kappa shape index (κ1) is 10.6. The van der Waals surface area contributed by atoms with Crippen LogP contribution in [0.5, 0.6) is 5.75 Å². The first-order valence-corrected chi connectivity index (χ1v) is 4.54. The molecular formula is C11H15NO2. The summed E-state index contributed by atoms with van der Waals surface area (Å²) >= 11 is 0. The average Bonchev–Trinajstić information content (AvgIpc) is 2.27. The van der Waals surface area contributed by atoms with Gasteiger partial charge >= 0.3 is 0 Å². The van der Waals surface area contributed by atoms with Crippen molar-refractivity contribution in [1.82, 2.24) is 0 Å². The highest BCUT2D eigenvalue weighted by Crippen LogP contribution is 2.22. The summed E-state index contributed by atoms with van der Waals surface area (Å²) in [5, 5.41) is 0. The predicted octanol–water partition coefficient (Wildman–Crippen LogP) is 1.76. The minimum absolute atomic E-state index is 0.147. The topological polar surface area (TPSA) is 52.3 Å². The van der Waals surface area contributed by atoms with Crippen LogP contribution < -0.4 is 15.9 Å². The zero-order chi connectivity index (χ0) is 10.7. The molecule has 0 fully saturated rings. The van der Waals surface area contributed by atoms with Crippen molar-refractivity contribution in [1.29, 1.82) is 0 Å². The SMILES string of the molecule is COc1cc(C(C)C)c(N)ccc1=O. The molecule has 0 saturated heterocycles. The molecule has 0 aliphatic heterocycles. The highest BCUT2D eigenvalue weighted by Gasteiger charge is 2.06. The molecule has 0 amide bonds. The average molecular weight is 193 g/mol. The normalized spacial score (nSPS) is 10.3. The van der Waals surface area contributed by atoms with Gasteiger partial charge in [-0.05, 0) is 29.7 Å². The highest BCUT2D eigenvalue weighted by atomic mass is 16.5. The summed E-state index contributed by atoms with van der Waals surface area (Å²) in [6.07, 6.45) is 0. The molecule has 0 aliphatic rings. The van der Waals surface area contributed by atoms with Gasteiger partial charge in [-0.1, -0.05) is 13.8 Å². The number of hydrogen-bond acceptors (Lipinski definition) is 3. The minimum Gasteiger partial charge on any atom is -0.493 e. The Morgan fingerprint density at radius 3 is 2.50 bits per heavy atom. The van der Waals surface area contributed by atoms with E-state index >= 15 is 0 Å². The second-order valence-electron chi connectivity index (χ2n) is 3.48. The van der Waals surface area contributed by atoms with Crippen LogP contribution in [0.2, 0.25) is 0 Å². The van der Waals surface area contributed by atoms with Crippen molar-refractivity contribution in [3.63, 3.8) is 0 Å². The molecule has 0 aromatic heterocycles. The summed E-state index contributed by atoms with van der Waals surface area (Å²) in [6.45, 7) is 4.05. The van der Waals surface area contributed by atoms with Crippen LogP contribution in [0.4, 0.5) is 5.69 Å². The maximum atomic E-state index is 11.4. The van der Waals surface area contributed by atoms with Gasteiger partial charge in [-0.25, -0.2) is 0 Å². The van der Waals surface area contributed by atoms with Gasteiger partial charge in [-0.2, -0.15) is 0 Å². The smallest absolute Gasteiger partial charge is 0.220 e. The van der Waals surface area contributed by atoms with Crippen LogP contribution in [0, 0.1) is 0 Å². The molecule has 1 aromatic carbocycles. The summed E-state index contributed by atoms with van der Waals surface area (Å²) < 4.78 is 4.98. The van der Waals surface area contributed by atoms with Crippen molar-refractivity contribution >= 4 is 5.69 Å². The molecule has 76 valence electrons. The Hall–Kier alpha value is -1.51. The molecule has 14 heavy (non-hydrogen) atoms. The molecule has 0 bridgehead atoms. The second kappa shape index (κ2) is 4.13. The number of nitrogen functional groups attached to an aromatic ring is 1. The summed E-state index contributed by atoms with van der Waals surface area (Å²) in [4.78, 5) is 11.4. The van der Waals surface area contributed by atoms with Gasteiger partial charge in [0.1, 0.15) is 0 Å². The minimum atomic E-state index is -0.147. The van der Waals surface area contributed by atoms with Crippen molar-refractivity contribution in [3.8, 4) is 5.75 Å². The number of methoxy groups -OCH3 is 1. The van der Waals surface area contributed by atoms with Crippen molar-refractivity contribution in [2.45, 2.75) is 19.8 Å². The van der Waals surface area contributed by atoms with Crippen molar-refractivity contribution in [2.24, 2.45) is 0 Å². The largest absolute Gasteiger partial charge is 0.493 e. The third kappa shape index (κ3) is 2.05. The van der Waals surface area contributed by atoms with Crippen LogP contribution in [0.15, 0.2) is 23.0 Å². The van der Waals surface area contributed by atoms with Crippen LogP contribution in [0.3, 0.4) is 0 Å². The molecule has 1 rings (SSSR count). The van der Waals surface area contributed by atoms with Gasteiger partial charge in [-0.15, -0.1) is 0 Å². The molecule has 3 heteroatoms. The number of ether oxygens (including phenoxy) is 1. The zero-order valence-corrected chi connectivity index (χ0v) is 8.70. The molecule has 2 N–H and O–H groups in total. The Kier molecular flexibility index (Phi) is 3.12. The van der Waals surface area contributed by atoms with Crippen molar-refractivity contribution < 1.29 is 4.74 Å². The molecule has 0 spiro atoms. The van der Waals surface area contributed by atoms with E-state index < -0.39 is 0 Å². The number of rotatable bonds is 2. The Morgan fingerprint density at radius 1 is 1.36 bits per heavy atom. The van der Waals surface area contributed by atoms with Gasteiger partial charge in [0.15, 0.2) is 5.75 Å². The monoisotopic (exact) mass is 193 g/mol. The zero-order valence-electron chi connectivity index (χ0n) is 8.70. The van der Waals surface area contributed by atoms with E-state index in [1.165, 1.54) is 13.2 Å². The van der Waals surface area contributed by atoms with Gasteiger partial charge in [0.05, 0.1) is 7.11 Å². The number of anilines is 1. The van der Waals surface area contributed by atoms with Gasteiger partial charge in [0.25, 0.3) is 0 Å². The van der Waals surface area contributed by atoms with E-state index in [1.807, 2.05) is 13.8 Å². The lowest BCUT2D eigenvalue weighted by molar-refractivity contribution is 0.411. The van der Waals surface area contributed by atoms with E-state index in [0.29, 0.717) is 11.4 Å². The highest BCUT2D eigenvalue weighted by molar-refractivity contribution is 5.49. The lowest BCUT2D eigenvalue weighted by Gasteiger charge is -2.05. The molecule has 0 atom stereocenters. The molecule has 0 aliphatic carbocycles. The summed E-state index contributed by atoms with van der Waals surface area (Å²) in [6, 6.07) is 4.77. The first-order chi connectivity index (χ1) is 6.56. The fraction of sp³-hybridized carbons (Fsp3) is 0.364. The van der Waals surface area contributed by atoms with Gasteiger partial charge < -0.3 is 10.5 Å². The van der Waals surface area contributed by atoms with Crippen LogP contribution in [-0.2, 0) is 0 Å². The van der Waals surface area contributed by atoms with E-state index in [4.69, 9.17) is 10.5 Å². The van der Waals surface area contributed by atoms with Crippen LogP contribution in [0.1, 0.15) is 25.3 Å². The van der Waals surface area contributed by atoms with E-state index in [9.17, 15) is 4.79 Å². The molecule has 0 radical (unpaired) electrons. The third-order valence-corrected chi connectivity index (χ3v) is 2.12. The lowest BCUT2D eigenvalue weighted by atomic mass is 10.0. The van der Waals surface area contributed by atoms with Crippen molar-refractivity contribution in [3.05, 3.63) is 34.0 Å². The van der Waals surface area contributed by atoms with Crippen LogP contribution in [-0.4, -0.2) is 7.11 Å². The molecule has 0 heterocycles. The summed E-state index contributed by atoms with van der Waals surface area (Å²) in [7, 11) is 1.48.